The Morgan fingerprint density at radius 3 is 2.17 bits per heavy atom. The predicted octanol–water partition coefficient (Wildman–Crippen LogP) is 4.94. The summed E-state index contributed by atoms with van der Waals surface area (Å²) in [5.74, 6) is 7.86. The monoisotopic (exact) mass is 510 g/mol. The van der Waals surface area contributed by atoms with Gasteiger partial charge in [0.15, 0.2) is 19.8 Å². The number of H-pyrrole nitrogens is 1. The third-order valence-corrected chi connectivity index (χ3v) is 10.4. The van der Waals surface area contributed by atoms with Gasteiger partial charge in [-0.15, -0.1) is 0 Å². The fourth-order valence-electron chi connectivity index (χ4n) is 3.71. The van der Waals surface area contributed by atoms with Crippen LogP contribution in [-0.4, -0.2) is 57.5 Å². The van der Waals surface area contributed by atoms with Crippen molar-refractivity contribution in [1.29, 1.82) is 0 Å². The second-order valence-electron chi connectivity index (χ2n) is 9.63. The average Bonchev–Trinajstić information content (AvgIpc) is 3.28. The van der Waals surface area contributed by atoms with Crippen LogP contribution in [-0.2, 0) is 0 Å². The molecule has 0 amide bonds. The molecule has 0 fully saturated rings. The smallest absolute Gasteiger partial charge is 0.211 e. The lowest BCUT2D eigenvalue weighted by atomic mass is 10.0. The van der Waals surface area contributed by atoms with Crippen LogP contribution in [0.3, 0.4) is 0 Å². The maximum Gasteiger partial charge on any atom is 0.211 e. The topological polar surface area (TPSA) is 103 Å². The summed E-state index contributed by atoms with van der Waals surface area (Å²) in [6, 6.07) is 6.78. The zero-order valence-corrected chi connectivity index (χ0v) is 23.2. The number of fused-ring (bicyclic) bond motifs is 1. The summed E-state index contributed by atoms with van der Waals surface area (Å²) in [6.07, 6.45) is 1.39. The molecule has 0 unspecified atom stereocenters. The average molecular weight is 511 g/mol. The predicted molar refractivity (Wildman–Crippen MR) is 142 cm³/mol. The maximum absolute atomic E-state index is 13.5. The molecule has 36 heavy (non-hydrogen) atoms. The lowest BCUT2D eigenvalue weighted by molar-refractivity contribution is 0.103. The number of carbonyl (C=O) groups excluding carboxylic acids is 1. The molecule has 0 saturated heterocycles. The van der Waals surface area contributed by atoms with Crippen LogP contribution in [0.5, 0.6) is 23.0 Å². The van der Waals surface area contributed by atoms with E-state index in [1.165, 1.54) is 21.3 Å². The van der Waals surface area contributed by atoms with E-state index in [9.17, 15) is 9.59 Å². The van der Waals surface area contributed by atoms with Crippen molar-refractivity contribution in [3.63, 3.8) is 0 Å². The van der Waals surface area contributed by atoms with E-state index in [1.807, 2.05) is 13.1 Å². The van der Waals surface area contributed by atoms with Crippen LogP contribution < -0.4 is 18.9 Å². The van der Waals surface area contributed by atoms with Crippen LogP contribution in [0, 0.1) is 11.8 Å². The number of ketones is 1. The van der Waals surface area contributed by atoms with Crippen LogP contribution in [0.1, 0.15) is 48.3 Å². The first-order valence-corrected chi connectivity index (χ1v) is 14.5. The van der Waals surface area contributed by atoms with E-state index in [1.54, 1.807) is 31.4 Å². The van der Waals surface area contributed by atoms with E-state index >= 15 is 0 Å². The van der Waals surface area contributed by atoms with E-state index < -0.39 is 8.32 Å². The first kappa shape index (κ1) is 27.1. The molecule has 3 aromatic rings. The molecular weight excluding hydrogens is 476 g/mol. The number of hydrogen-bond donors (Lipinski definition) is 2. The number of aromatic nitrogens is 2. The number of nitrogens with zero attached hydrogens (tertiary/aromatic N) is 1. The molecule has 9 heteroatoms. The number of benzene rings is 2. The summed E-state index contributed by atoms with van der Waals surface area (Å²) in [6.45, 7) is 8.05. The fraction of sp³-hybridized carbons (Fsp3) is 0.407. The van der Waals surface area contributed by atoms with Crippen molar-refractivity contribution >= 4 is 25.0 Å². The van der Waals surface area contributed by atoms with Gasteiger partial charge in [-0.25, -0.2) is 0 Å². The molecule has 2 aromatic carbocycles. The van der Waals surface area contributed by atoms with Gasteiger partial charge in [-0.05, 0) is 48.8 Å². The summed E-state index contributed by atoms with van der Waals surface area (Å²) in [4.78, 5) is 24.0. The lowest BCUT2D eigenvalue weighted by Gasteiger charge is -2.34. The Bertz CT molecular complexity index is 1300. The molecule has 1 heterocycles. The minimum absolute atomic E-state index is 0.163. The molecule has 0 saturated carbocycles. The first-order valence-electron chi connectivity index (χ1n) is 11.6. The van der Waals surface area contributed by atoms with Gasteiger partial charge in [0.05, 0.1) is 34.0 Å². The van der Waals surface area contributed by atoms with Crippen LogP contribution in [0.15, 0.2) is 24.3 Å². The molecule has 8 nitrogen and oxygen atoms in total. The van der Waals surface area contributed by atoms with Crippen LogP contribution in [0.4, 0.5) is 0 Å². The SMILES string of the molecule is COc1cc(C(=O)c2[nH]nc3c(C#CCCC(C)(C)[Si](C)(C)O)c(OC)ccc23)cc(OC)c1OC. The molecule has 0 aliphatic heterocycles. The highest BCUT2D eigenvalue weighted by molar-refractivity contribution is 6.72. The van der Waals surface area contributed by atoms with Gasteiger partial charge in [0.25, 0.3) is 0 Å². The molecule has 0 atom stereocenters. The fourth-order valence-corrected chi connectivity index (χ4v) is 4.45. The Balaban J connectivity index is 2.01. The number of nitrogens with one attached hydrogen (secondary N) is 1. The minimum atomic E-state index is -2.31. The molecular formula is C27H34N2O6Si. The third kappa shape index (κ3) is 5.20. The van der Waals surface area contributed by atoms with Gasteiger partial charge in [0.1, 0.15) is 17.0 Å². The Labute approximate surface area is 213 Å². The lowest BCUT2D eigenvalue weighted by Crippen LogP contribution is -2.38. The summed E-state index contributed by atoms with van der Waals surface area (Å²) < 4.78 is 21.7. The maximum atomic E-state index is 13.5. The van der Waals surface area contributed by atoms with Crippen LogP contribution >= 0.6 is 0 Å². The standard InChI is InChI=1S/C27H34N2O6Si/c1-27(2,36(7,8)31)14-10-9-11-18-20(32-3)13-12-19-23(18)28-29-24(19)25(30)17-15-21(33-4)26(35-6)22(16-17)34-5/h12-13,15-16,31H,10,14H2,1-8H3,(H,28,29). The van der Waals surface area contributed by atoms with E-state index in [2.05, 4.69) is 35.9 Å². The van der Waals surface area contributed by atoms with Crippen molar-refractivity contribution in [2.24, 2.45) is 0 Å². The highest BCUT2D eigenvalue weighted by atomic mass is 28.4. The van der Waals surface area contributed by atoms with Gasteiger partial charge < -0.3 is 23.7 Å². The molecule has 0 bridgehead atoms. The molecule has 0 spiro atoms. The first-order chi connectivity index (χ1) is 17.0. The molecule has 0 aliphatic rings. The molecule has 1 aromatic heterocycles. The number of ether oxygens (including phenoxy) is 4. The van der Waals surface area contributed by atoms with Crippen LogP contribution in [0.2, 0.25) is 18.1 Å². The Morgan fingerprint density at radius 1 is 1.03 bits per heavy atom. The molecule has 192 valence electrons. The van der Waals surface area contributed by atoms with Gasteiger partial charge in [-0.2, -0.15) is 5.10 Å². The number of aromatic amines is 1. The van der Waals surface area contributed by atoms with Crippen molar-refractivity contribution in [1.82, 2.24) is 10.2 Å². The normalized spacial score (nSPS) is 11.6. The largest absolute Gasteiger partial charge is 0.495 e. The summed E-state index contributed by atoms with van der Waals surface area (Å²) in [5, 5.41) is 7.75. The number of hydrogen-bond acceptors (Lipinski definition) is 7. The zero-order valence-electron chi connectivity index (χ0n) is 22.2. The summed E-state index contributed by atoms with van der Waals surface area (Å²) in [7, 11) is 3.77. The van der Waals surface area contributed by atoms with Gasteiger partial charge in [0, 0.05) is 17.4 Å². The van der Waals surface area contributed by atoms with Crippen molar-refractivity contribution in [2.45, 2.75) is 44.8 Å². The Hall–Kier alpha value is -3.48. The van der Waals surface area contributed by atoms with Gasteiger partial charge in [-0.3, -0.25) is 9.89 Å². The molecule has 0 radical (unpaired) electrons. The van der Waals surface area contributed by atoms with E-state index in [4.69, 9.17) is 18.9 Å². The Kier molecular flexibility index (Phi) is 8.01. The second-order valence-corrected chi connectivity index (χ2v) is 14.1. The highest BCUT2D eigenvalue weighted by Gasteiger charge is 2.37. The summed E-state index contributed by atoms with van der Waals surface area (Å²) >= 11 is 0. The van der Waals surface area contributed by atoms with Gasteiger partial charge in [-0.1, -0.05) is 25.7 Å². The van der Waals surface area contributed by atoms with Crippen molar-refractivity contribution in [3.05, 3.63) is 41.1 Å². The molecule has 3 rings (SSSR count). The molecule has 0 aliphatic carbocycles. The second kappa shape index (κ2) is 10.6. The highest BCUT2D eigenvalue weighted by Crippen LogP contribution is 2.40. The number of rotatable bonds is 9. The van der Waals surface area contributed by atoms with E-state index in [-0.39, 0.29) is 10.8 Å². The number of methoxy groups -OCH3 is 4. The van der Waals surface area contributed by atoms with Crippen molar-refractivity contribution < 1.29 is 28.5 Å². The van der Waals surface area contributed by atoms with Crippen molar-refractivity contribution in [3.8, 4) is 34.8 Å². The molecule has 2 N–H and O–H groups in total. The van der Waals surface area contributed by atoms with E-state index in [0.29, 0.717) is 57.1 Å². The van der Waals surface area contributed by atoms with Crippen molar-refractivity contribution in [2.75, 3.05) is 28.4 Å². The number of carbonyl (C=O) groups is 1. The van der Waals surface area contributed by atoms with Gasteiger partial charge in [0.2, 0.25) is 11.5 Å². The third-order valence-electron chi connectivity index (χ3n) is 6.81. The minimum Gasteiger partial charge on any atom is -0.495 e. The van der Waals surface area contributed by atoms with E-state index in [0.717, 1.165) is 6.42 Å². The van der Waals surface area contributed by atoms with Gasteiger partial charge >= 0.3 is 0 Å². The summed E-state index contributed by atoms with van der Waals surface area (Å²) in [5.41, 5.74) is 1.83. The zero-order chi connectivity index (χ0) is 26.7. The van der Waals surface area contributed by atoms with Crippen LogP contribution in [0.25, 0.3) is 10.9 Å². The quantitative estimate of drug-likeness (QED) is 0.239. The Morgan fingerprint density at radius 2 is 1.64 bits per heavy atom.